The van der Waals surface area contributed by atoms with Crippen LogP contribution in [0, 0.1) is 5.92 Å². The standard InChI is InChI=1S/C14H17ClN2O/c1-9(8-16)7-10-3-4-11-12(15)5-6-13(18-2)14(11)17-10/h3-6,9H,7-8,16H2,1-2H3. The summed E-state index contributed by atoms with van der Waals surface area (Å²) in [4.78, 5) is 4.63. The van der Waals surface area contributed by atoms with Gasteiger partial charge in [-0.15, -0.1) is 0 Å². The van der Waals surface area contributed by atoms with Crippen molar-refractivity contribution in [1.29, 1.82) is 0 Å². The SMILES string of the molecule is COc1ccc(Cl)c2ccc(CC(C)CN)nc12. The first-order valence-corrected chi connectivity index (χ1v) is 6.35. The molecule has 1 aromatic carbocycles. The molecule has 3 nitrogen and oxygen atoms in total. The zero-order chi connectivity index (χ0) is 13.1. The summed E-state index contributed by atoms with van der Waals surface area (Å²) in [5.41, 5.74) is 7.47. The number of methoxy groups -OCH3 is 1. The summed E-state index contributed by atoms with van der Waals surface area (Å²) in [7, 11) is 1.64. The van der Waals surface area contributed by atoms with E-state index in [2.05, 4.69) is 11.9 Å². The predicted molar refractivity (Wildman–Crippen MR) is 75.2 cm³/mol. The predicted octanol–water partition coefficient (Wildman–Crippen LogP) is 3.03. The maximum atomic E-state index is 6.16. The summed E-state index contributed by atoms with van der Waals surface area (Å²) < 4.78 is 5.32. The number of nitrogens with zero attached hydrogens (tertiary/aromatic N) is 1. The summed E-state index contributed by atoms with van der Waals surface area (Å²) in [6, 6.07) is 7.66. The Morgan fingerprint density at radius 2 is 2.11 bits per heavy atom. The molecule has 1 atom stereocenters. The molecule has 1 aromatic heterocycles. The molecule has 2 rings (SSSR count). The minimum absolute atomic E-state index is 0.417. The van der Waals surface area contributed by atoms with Crippen LogP contribution in [0.1, 0.15) is 12.6 Å². The van der Waals surface area contributed by atoms with E-state index < -0.39 is 0 Å². The molecule has 0 aliphatic carbocycles. The van der Waals surface area contributed by atoms with Crippen LogP contribution in [-0.4, -0.2) is 18.6 Å². The molecule has 1 unspecified atom stereocenters. The number of fused-ring (bicyclic) bond motifs is 1. The molecule has 0 aliphatic rings. The Hall–Kier alpha value is -1.32. The lowest BCUT2D eigenvalue weighted by Crippen LogP contribution is -2.13. The molecule has 18 heavy (non-hydrogen) atoms. The molecule has 0 fully saturated rings. The van der Waals surface area contributed by atoms with Gasteiger partial charge in [0.05, 0.1) is 12.1 Å². The van der Waals surface area contributed by atoms with Crippen molar-refractivity contribution in [3.8, 4) is 5.75 Å². The normalized spacial score (nSPS) is 12.7. The van der Waals surface area contributed by atoms with Gasteiger partial charge in [-0.3, -0.25) is 0 Å². The molecule has 1 heterocycles. The fourth-order valence-electron chi connectivity index (χ4n) is 1.92. The van der Waals surface area contributed by atoms with Crippen LogP contribution in [0.3, 0.4) is 0 Å². The minimum Gasteiger partial charge on any atom is -0.494 e. The number of hydrogen-bond acceptors (Lipinski definition) is 3. The summed E-state index contributed by atoms with van der Waals surface area (Å²) in [6.07, 6.45) is 0.863. The second-order valence-corrected chi connectivity index (χ2v) is 4.90. The smallest absolute Gasteiger partial charge is 0.145 e. The Morgan fingerprint density at radius 3 is 2.78 bits per heavy atom. The quantitative estimate of drug-likeness (QED) is 0.923. The van der Waals surface area contributed by atoms with Crippen molar-refractivity contribution in [3.05, 3.63) is 35.0 Å². The Kier molecular flexibility index (Phi) is 4.04. The summed E-state index contributed by atoms with van der Waals surface area (Å²) in [6.45, 7) is 2.77. The fourth-order valence-corrected chi connectivity index (χ4v) is 2.13. The van der Waals surface area contributed by atoms with E-state index in [4.69, 9.17) is 22.1 Å². The third-order valence-electron chi connectivity index (χ3n) is 3.00. The number of pyridine rings is 1. The van der Waals surface area contributed by atoms with Gasteiger partial charge in [0.2, 0.25) is 0 Å². The first-order valence-electron chi connectivity index (χ1n) is 5.98. The monoisotopic (exact) mass is 264 g/mol. The van der Waals surface area contributed by atoms with Gasteiger partial charge in [-0.05, 0) is 43.1 Å². The fraction of sp³-hybridized carbons (Fsp3) is 0.357. The third kappa shape index (κ3) is 2.57. The summed E-state index contributed by atoms with van der Waals surface area (Å²) in [5.74, 6) is 1.16. The van der Waals surface area contributed by atoms with E-state index in [9.17, 15) is 0 Å². The number of hydrogen-bond donors (Lipinski definition) is 1. The van der Waals surface area contributed by atoms with Crippen molar-refractivity contribution in [3.63, 3.8) is 0 Å². The topological polar surface area (TPSA) is 48.1 Å². The van der Waals surface area contributed by atoms with Gasteiger partial charge in [0.15, 0.2) is 0 Å². The van der Waals surface area contributed by atoms with Gasteiger partial charge < -0.3 is 10.5 Å². The van der Waals surface area contributed by atoms with Crippen LogP contribution in [0.2, 0.25) is 5.02 Å². The summed E-state index contributed by atoms with van der Waals surface area (Å²) in [5, 5.41) is 1.61. The Bertz CT molecular complexity index is 557. The van der Waals surface area contributed by atoms with Crippen LogP contribution in [0.4, 0.5) is 0 Å². The molecule has 2 aromatic rings. The molecule has 0 radical (unpaired) electrons. The van der Waals surface area contributed by atoms with Crippen LogP contribution < -0.4 is 10.5 Å². The second kappa shape index (κ2) is 5.55. The highest BCUT2D eigenvalue weighted by Crippen LogP contribution is 2.30. The average molecular weight is 265 g/mol. The maximum absolute atomic E-state index is 6.16. The number of nitrogens with two attached hydrogens (primary N) is 1. The van der Waals surface area contributed by atoms with E-state index in [0.29, 0.717) is 17.5 Å². The number of ether oxygens (including phenoxy) is 1. The molecule has 0 spiro atoms. The minimum atomic E-state index is 0.417. The highest BCUT2D eigenvalue weighted by atomic mass is 35.5. The largest absolute Gasteiger partial charge is 0.494 e. The number of benzene rings is 1. The van der Waals surface area contributed by atoms with Gasteiger partial charge in [0.25, 0.3) is 0 Å². The molecule has 0 amide bonds. The molecule has 4 heteroatoms. The van der Waals surface area contributed by atoms with E-state index in [1.807, 2.05) is 24.3 Å². The first kappa shape index (κ1) is 13.1. The van der Waals surface area contributed by atoms with Gasteiger partial charge in [-0.2, -0.15) is 0 Å². The number of aromatic nitrogens is 1. The van der Waals surface area contributed by atoms with Gasteiger partial charge >= 0.3 is 0 Å². The summed E-state index contributed by atoms with van der Waals surface area (Å²) >= 11 is 6.16. The van der Waals surface area contributed by atoms with Crippen LogP contribution in [0.15, 0.2) is 24.3 Å². The van der Waals surface area contributed by atoms with Crippen molar-refractivity contribution < 1.29 is 4.74 Å². The third-order valence-corrected chi connectivity index (χ3v) is 3.33. The second-order valence-electron chi connectivity index (χ2n) is 4.49. The van der Waals surface area contributed by atoms with Crippen molar-refractivity contribution in [2.45, 2.75) is 13.3 Å². The molecule has 0 saturated carbocycles. The van der Waals surface area contributed by atoms with Crippen LogP contribution in [-0.2, 0) is 6.42 Å². The molecule has 0 saturated heterocycles. The highest BCUT2D eigenvalue weighted by Gasteiger charge is 2.09. The van der Waals surface area contributed by atoms with E-state index >= 15 is 0 Å². The van der Waals surface area contributed by atoms with Gasteiger partial charge in [-0.1, -0.05) is 18.5 Å². The lowest BCUT2D eigenvalue weighted by molar-refractivity contribution is 0.418. The highest BCUT2D eigenvalue weighted by molar-refractivity contribution is 6.35. The molecule has 2 N–H and O–H groups in total. The van der Waals surface area contributed by atoms with Gasteiger partial charge in [0.1, 0.15) is 11.3 Å². The number of halogens is 1. The van der Waals surface area contributed by atoms with Gasteiger partial charge in [-0.25, -0.2) is 4.98 Å². The van der Waals surface area contributed by atoms with E-state index in [1.54, 1.807) is 7.11 Å². The molecular formula is C14H17ClN2O. The Balaban J connectivity index is 2.49. The zero-order valence-corrected chi connectivity index (χ0v) is 11.4. The molecule has 96 valence electrons. The Morgan fingerprint density at radius 1 is 1.33 bits per heavy atom. The van der Waals surface area contributed by atoms with Crippen molar-refractivity contribution in [1.82, 2.24) is 4.98 Å². The van der Waals surface area contributed by atoms with E-state index in [0.717, 1.165) is 28.8 Å². The average Bonchev–Trinajstić information content (AvgIpc) is 2.39. The van der Waals surface area contributed by atoms with E-state index in [1.165, 1.54) is 0 Å². The van der Waals surface area contributed by atoms with E-state index in [-0.39, 0.29) is 0 Å². The Labute approximate surface area is 112 Å². The zero-order valence-electron chi connectivity index (χ0n) is 10.6. The van der Waals surface area contributed by atoms with Crippen LogP contribution in [0.5, 0.6) is 5.75 Å². The van der Waals surface area contributed by atoms with Crippen molar-refractivity contribution in [2.75, 3.05) is 13.7 Å². The lowest BCUT2D eigenvalue weighted by atomic mass is 10.0. The first-order chi connectivity index (χ1) is 8.65. The van der Waals surface area contributed by atoms with Gasteiger partial charge in [0, 0.05) is 11.1 Å². The maximum Gasteiger partial charge on any atom is 0.145 e. The van der Waals surface area contributed by atoms with Crippen LogP contribution >= 0.6 is 11.6 Å². The van der Waals surface area contributed by atoms with Crippen molar-refractivity contribution >= 4 is 22.5 Å². The lowest BCUT2D eigenvalue weighted by Gasteiger charge is -2.10. The van der Waals surface area contributed by atoms with Crippen LogP contribution in [0.25, 0.3) is 10.9 Å². The molecule has 0 aliphatic heterocycles. The molecule has 0 bridgehead atoms. The number of rotatable bonds is 4. The van der Waals surface area contributed by atoms with Crippen molar-refractivity contribution in [2.24, 2.45) is 11.7 Å². The molecular weight excluding hydrogens is 248 g/mol.